The summed E-state index contributed by atoms with van der Waals surface area (Å²) in [6.07, 6.45) is 0. The highest BCUT2D eigenvalue weighted by atomic mass is 35.5. The van der Waals surface area contributed by atoms with Crippen LogP contribution in [0.4, 0.5) is 0 Å². The largest absolute Gasteiger partial charge is 0.497 e. The zero-order chi connectivity index (χ0) is 12.3. The van der Waals surface area contributed by atoms with Crippen molar-refractivity contribution in [2.75, 3.05) is 13.7 Å². The molecule has 0 saturated carbocycles. The molecular weight excluding hydrogens is 230 g/mol. The summed E-state index contributed by atoms with van der Waals surface area (Å²) in [5.74, 6) is -1.19. The zero-order valence-electron chi connectivity index (χ0n) is 9.16. The summed E-state index contributed by atoms with van der Waals surface area (Å²) in [5, 5.41) is 9.52. The number of rotatable bonds is 4. The molecule has 1 rings (SSSR count). The Kier molecular flexibility index (Phi) is 4.15. The van der Waals surface area contributed by atoms with Crippen LogP contribution in [0.25, 0.3) is 0 Å². The van der Waals surface area contributed by atoms with Crippen LogP contribution < -0.4 is 10.5 Å². The maximum atomic E-state index is 11.0. The molecule has 0 bridgehead atoms. The van der Waals surface area contributed by atoms with E-state index < -0.39 is 11.9 Å². The fraction of sp³-hybridized carbons (Fsp3) is 0.364. The van der Waals surface area contributed by atoms with Crippen molar-refractivity contribution < 1.29 is 14.6 Å². The predicted molar refractivity (Wildman–Crippen MR) is 62.2 cm³/mol. The molecule has 0 heterocycles. The first-order chi connectivity index (χ1) is 7.51. The number of hydrogen-bond acceptors (Lipinski definition) is 3. The van der Waals surface area contributed by atoms with E-state index in [9.17, 15) is 4.79 Å². The summed E-state index contributed by atoms with van der Waals surface area (Å²) in [7, 11) is 1.50. The molecule has 1 aromatic carbocycles. The van der Waals surface area contributed by atoms with Crippen molar-refractivity contribution in [1.29, 1.82) is 0 Å². The van der Waals surface area contributed by atoms with Gasteiger partial charge < -0.3 is 15.6 Å². The van der Waals surface area contributed by atoms with Crippen molar-refractivity contribution in [2.45, 2.75) is 12.8 Å². The number of carboxylic acid groups (broad SMARTS) is 1. The normalized spacial score (nSPS) is 12.2. The Hall–Kier alpha value is -1.26. The van der Waals surface area contributed by atoms with E-state index in [2.05, 4.69) is 0 Å². The molecule has 0 saturated heterocycles. The molecule has 4 nitrogen and oxygen atoms in total. The third kappa shape index (κ3) is 2.46. The SMILES string of the molecule is COc1cc(Cl)c(C)c(C(CN)C(=O)O)c1. The Morgan fingerprint density at radius 3 is 2.69 bits per heavy atom. The van der Waals surface area contributed by atoms with Gasteiger partial charge in [-0.05, 0) is 30.2 Å². The first-order valence-corrected chi connectivity index (χ1v) is 5.16. The van der Waals surface area contributed by atoms with Gasteiger partial charge in [-0.1, -0.05) is 11.6 Å². The lowest BCUT2D eigenvalue weighted by Gasteiger charge is -2.15. The molecule has 0 amide bonds. The van der Waals surface area contributed by atoms with Crippen molar-refractivity contribution >= 4 is 17.6 Å². The molecule has 0 aromatic heterocycles. The van der Waals surface area contributed by atoms with Gasteiger partial charge in [0.2, 0.25) is 0 Å². The summed E-state index contributed by atoms with van der Waals surface area (Å²) in [6.45, 7) is 1.79. The fourth-order valence-corrected chi connectivity index (χ4v) is 1.73. The van der Waals surface area contributed by atoms with Crippen molar-refractivity contribution in [1.82, 2.24) is 0 Å². The van der Waals surface area contributed by atoms with Crippen LogP contribution in [-0.4, -0.2) is 24.7 Å². The smallest absolute Gasteiger partial charge is 0.312 e. The van der Waals surface area contributed by atoms with Gasteiger partial charge in [-0.3, -0.25) is 4.79 Å². The third-order valence-electron chi connectivity index (χ3n) is 2.50. The summed E-state index contributed by atoms with van der Waals surface area (Å²) in [5.41, 5.74) is 6.77. The van der Waals surface area contributed by atoms with E-state index in [1.165, 1.54) is 7.11 Å². The lowest BCUT2D eigenvalue weighted by atomic mass is 9.94. The maximum Gasteiger partial charge on any atom is 0.312 e. The summed E-state index contributed by atoms with van der Waals surface area (Å²) >= 11 is 5.99. The van der Waals surface area contributed by atoms with Crippen LogP contribution in [0.15, 0.2) is 12.1 Å². The third-order valence-corrected chi connectivity index (χ3v) is 2.90. The minimum Gasteiger partial charge on any atom is -0.497 e. The molecule has 3 N–H and O–H groups in total. The van der Waals surface area contributed by atoms with Crippen LogP contribution in [0.2, 0.25) is 5.02 Å². The number of hydrogen-bond donors (Lipinski definition) is 2. The molecule has 5 heteroatoms. The number of carboxylic acids is 1. The van der Waals surface area contributed by atoms with E-state index in [0.29, 0.717) is 16.3 Å². The highest BCUT2D eigenvalue weighted by molar-refractivity contribution is 6.31. The number of aliphatic carboxylic acids is 1. The molecule has 0 spiro atoms. The lowest BCUT2D eigenvalue weighted by molar-refractivity contribution is -0.138. The Morgan fingerprint density at radius 2 is 2.25 bits per heavy atom. The zero-order valence-corrected chi connectivity index (χ0v) is 9.91. The number of methoxy groups -OCH3 is 1. The predicted octanol–water partition coefficient (Wildman–Crippen LogP) is 1.78. The summed E-state index contributed by atoms with van der Waals surface area (Å²) < 4.78 is 5.05. The van der Waals surface area contributed by atoms with Gasteiger partial charge in [0.1, 0.15) is 5.75 Å². The van der Waals surface area contributed by atoms with Gasteiger partial charge in [-0.15, -0.1) is 0 Å². The maximum absolute atomic E-state index is 11.0. The number of nitrogens with two attached hydrogens (primary N) is 1. The number of benzene rings is 1. The molecule has 0 aliphatic rings. The van der Waals surface area contributed by atoms with E-state index in [1.54, 1.807) is 19.1 Å². The standard InChI is InChI=1S/C11H14ClNO3/c1-6-8(9(5-13)11(14)15)3-7(16-2)4-10(6)12/h3-4,9H,5,13H2,1-2H3,(H,14,15). The lowest BCUT2D eigenvalue weighted by Crippen LogP contribution is -2.22. The van der Waals surface area contributed by atoms with Gasteiger partial charge in [-0.2, -0.15) is 0 Å². The molecule has 0 fully saturated rings. The van der Waals surface area contributed by atoms with Gasteiger partial charge in [0.25, 0.3) is 0 Å². The molecule has 0 aliphatic carbocycles. The number of carbonyl (C=O) groups is 1. The molecule has 0 aliphatic heterocycles. The van der Waals surface area contributed by atoms with Gasteiger partial charge >= 0.3 is 5.97 Å². The molecule has 88 valence electrons. The summed E-state index contributed by atoms with van der Waals surface area (Å²) in [4.78, 5) is 11.0. The van der Waals surface area contributed by atoms with Crippen molar-refractivity contribution in [3.63, 3.8) is 0 Å². The first-order valence-electron chi connectivity index (χ1n) is 4.78. The highest BCUT2D eigenvalue weighted by Crippen LogP contribution is 2.30. The second-order valence-corrected chi connectivity index (χ2v) is 3.86. The Morgan fingerprint density at radius 1 is 1.62 bits per heavy atom. The minimum absolute atomic E-state index is 0.0275. The van der Waals surface area contributed by atoms with Crippen molar-refractivity contribution in [3.8, 4) is 5.75 Å². The van der Waals surface area contributed by atoms with E-state index >= 15 is 0 Å². The second-order valence-electron chi connectivity index (χ2n) is 3.45. The topological polar surface area (TPSA) is 72.5 Å². The van der Waals surface area contributed by atoms with Crippen molar-refractivity contribution in [3.05, 3.63) is 28.3 Å². The van der Waals surface area contributed by atoms with E-state index in [1.807, 2.05) is 0 Å². The number of ether oxygens (including phenoxy) is 1. The molecule has 1 unspecified atom stereocenters. The fourth-order valence-electron chi connectivity index (χ4n) is 1.51. The van der Waals surface area contributed by atoms with Crippen LogP contribution in [0.3, 0.4) is 0 Å². The van der Waals surface area contributed by atoms with Gasteiger partial charge in [0.15, 0.2) is 0 Å². The Labute approximate surface area is 99.0 Å². The number of halogens is 1. The van der Waals surface area contributed by atoms with Crippen LogP contribution in [0.5, 0.6) is 5.75 Å². The average molecular weight is 244 g/mol. The Bertz CT molecular complexity index is 406. The van der Waals surface area contributed by atoms with Crippen LogP contribution in [-0.2, 0) is 4.79 Å². The van der Waals surface area contributed by atoms with Gasteiger partial charge in [0, 0.05) is 11.6 Å². The van der Waals surface area contributed by atoms with E-state index in [0.717, 1.165) is 5.56 Å². The molecule has 16 heavy (non-hydrogen) atoms. The minimum atomic E-state index is -0.963. The second kappa shape index (κ2) is 5.18. The monoisotopic (exact) mass is 243 g/mol. The first kappa shape index (κ1) is 12.8. The molecule has 1 atom stereocenters. The summed E-state index contributed by atoms with van der Waals surface area (Å²) in [6, 6.07) is 3.31. The van der Waals surface area contributed by atoms with Crippen LogP contribution >= 0.6 is 11.6 Å². The quantitative estimate of drug-likeness (QED) is 0.846. The molecular formula is C11H14ClNO3. The van der Waals surface area contributed by atoms with Crippen molar-refractivity contribution in [2.24, 2.45) is 5.73 Å². The molecule has 1 aromatic rings. The molecule has 0 radical (unpaired) electrons. The van der Waals surface area contributed by atoms with Gasteiger partial charge in [0.05, 0.1) is 13.0 Å². The highest BCUT2D eigenvalue weighted by Gasteiger charge is 2.21. The van der Waals surface area contributed by atoms with E-state index in [-0.39, 0.29) is 6.54 Å². The van der Waals surface area contributed by atoms with Crippen LogP contribution in [0, 0.1) is 6.92 Å². The average Bonchev–Trinajstić information content (AvgIpc) is 2.24. The van der Waals surface area contributed by atoms with Gasteiger partial charge in [-0.25, -0.2) is 0 Å². The van der Waals surface area contributed by atoms with Crippen LogP contribution in [0.1, 0.15) is 17.0 Å². The Balaban J connectivity index is 3.30. The van der Waals surface area contributed by atoms with E-state index in [4.69, 9.17) is 27.2 Å².